The minimum atomic E-state index is -0.376. The molecule has 2 aliphatic heterocycles. The topological polar surface area (TPSA) is 67.9 Å². The average molecular weight is 445 g/mol. The molecule has 146 valence electrons. The van der Waals surface area contributed by atoms with E-state index in [1.54, 1.807) is 17.0 Å². The van der Waals surface area contributed by atoms with Gasteiger partial charge in [-0.3, -0.25) is 9.59 Å². The minimum absolute atomic E-state index is 0.0619. The zero-order chi connectivity index (χ0) is 19.7. The Bertz CT molecular complexity index is 900. The maximum atomic E-state index is 12.7. The Kier molecular flexibility index (Phi) is 5.26. The Morgan fingerprint density at radius 1 is 1.14 bits per heavy atom. The molecule has 1 fully saturated rings. The van der Waals surface area contributed by atoms with E-state index in [9.17, 15) is 9.59 Å². The van der Waals surface area contributed by atoms with Gasteiger partial charge in [0.15, 0.2) is 11.5 Å². The van der Waals surface area contributed by atoms with Crippen molar-refractivity contribution in [2.24, 2.45) is 5.92 Å². The van der Waals surface area contributed by atoms with Crippen LogP contribution in [0.2, 0.25) is 0 Å². The van der Waals surface area contributed by atoms with Gasteiger partial charge >= 0.3 is 0 Å². The number of benzene rings is 2. The SMILES string of the molecule is CC(NC(=O)C1CC(=O)N(c2ccc3c(c2)OCCO3)C1)c1ccc(Br)cc1. The third-order valence-corrected chi connectivity index (χ3v) is 5.59. The van der Waals surface area contributed by atoms with Gasteiger partial charge in [0.05, 0.1) is 12.0 Å². The van der Waals surface area contributed by atoms with Gasteiger partial charge in [-0.25, -0.2) is 0 Å². The number of rotatable bonds is 4. The molecule has 1 N–H and O–H groups in total. The quantitative estimate of drug-likeness (QED) is 0.783. The van der Waals surface area contributed by atoms with Gasteiger partial charge < -0.3 is 19.7 Å². The summed E-state index contributed by atoms with van der Waals surface area (Å²) in [6.45, 7) is 3.31. The molecule has 0 saturated carbocycles. The fourth-order valence-electron chi connectivity index (χ4n) is 3.50. The van der Waals surface area contributed by atoms with Crippen molar-refractivity contribution in [1.29, 1.82) is 0 Å². The van der Waals surface area contributed by atoms with Gasteiger partial charge in [0.1, 0.15) is 13.2 Å². The fourth-order valence-corrected chi connectivity index (χ4v) is 3.76. The van der Waals surface area contributed by atoms with Crippen molar-refractivity contribution in [1.82, 2.24) is 5.32 Å². The molecular weight excluding hydrogens is 424 g/mol. The Morgan fingerprint density at radius 2 is 1.86 bits per heavy atom. The molecule has 0 radical (unpaired) electrons. The first-order valence-corrected chi connectivity index (χ1v) is 10.1. The molecular formula is C21H21BrN2O4. The number of nitrogens with one attached hydrogen (secondary N) is 1. The third kappa shape index (κ3) is 3.85. The fraction of sp³-hybridized carbons (Fsp3) is 0.333. The summed E-state index contributed by atoms with van der Waals surface area (Å²) in [7, 11) is 0. The van der Waals surface area contributed by atoms with Crippen LogP contribution < -0.4 is 19.7 Å². The van der Waals surface area contributed by atoms with Crippen molar-refractivity contribution in [2.45, 2.75) is 19.4 Å². The number of hydrogen-bond acceptors (Lipinski definition) is 4. The molecule has 4 rings (SSSR count). The molecule has 28 heavy (non-hydrogen) atoms. The Labute approximate surface area is 171 Å². The van der Waals surface area contributed by atoms with Crippen molar-refractivity contribution in [2.75, 3.05) is 24.7 Å². The van der Waals surface area contributed by atoms with Crippen molar-refractivity contribution < 1.29 is 19.1 Å². The maximum absolute atomic E-state index is 12.7. The summed E-state index contributed by atoms with van der Waals surface area (Å²) >= 11 is 3.41. The van der Waals surface area contributed by atoms with E-state index in [0.717, 1.165) is 15.7 Å². The van der Waals surface area contributed by atoms with Crippen LogP contribution in [0.15, 0.2) is 46.9 Å². The predicted molar refractivity (Wildman–Crippen MR) is 109 cm³/mol. The second-order valence-electron chi connectivity index (χ2n) is 7.02. The van der Waals surface area contributed by atoms with E-state index in [0.29, 0.717) is 31.3 Å². The van der Waals surface area contributed by atoms with Gasteiger partial charge in [-0.05, 0) is 36.8 Å². The van der Waals surface area contributed by atoms with E-state index in [4.69, 9.17) is 9.47 Å². The highest BCUT2D eigenvalue weighted by atomic mass is 79.9. The molecule has 2 heterocycles. The summed E-state index contributed by atoms with van der Waals surface area (Å²) < 4.78 is 12.1. The number of nitrogens with zero attached hydrogens (tertiary/aromatic N) is 1. The van der Waals surface area contributed by atoms with Crippen LogP contribution in [0.5, 0.6) is 11.5 Å². The first-order valence-electron chi connectivity index (χ1n) is 9.27. The number of halogens is 1. The molecule has 1 saturated heterocycles. The second-order valence-corrected chi connectivity index (χ2v) is 7.93. The van der Waals surface area contributed by atoms with Gasteiger partial charge in [0.2, 0.25) is 11.8 Å². The van der Waals surface area contributed by atoms with Gasteiger partial charge in [0.25, 0.3) is 0 Å². The van der Waals surface area contributed by atoms with Gasteiger partial charge in [-0.2, -0.15) is 0 Å². The molecule has 2 unspecified atom stereocenters. The zero-order valence-corrected chi connectivity index (χ0v) is 17.1. The minimum Gasteiger partial charge on any atom is -0.486 e. The smallest absolute Gasteiger partial charge is 0.227 e. The highest BCUT2D eigenvalue weighted by Gasteiger charge is 2.36. The Balaban J connectivity index is 1.42. The standard InChI is InChI=1S/C21H21BrN2O4/c1-13(14-2-4-16(22)5-3-14)23-21(26)15-10-20(25)24(12-15)17-6-7-18-19(11-17)28-9-8-27-18/h2-7,11,13,15H,8-10,12H2,1H3,(H,23,26). The zero-order valence-electron chi connectivity index (χ0n) is 15.5. The molecule has 6 nitrogen and oxygen atoms in total. The largest absolute Gasteiger partial charge is 0.486 e. The molecule has 0 bridgehead atoms. The van der Waals surface area contributed by atoms with Crippen LogP contribution in [0.25, 0.3) is 0 Å². The predicted octanol–water partition coefficient (Wildman–Crippen LogP) is 3.45. The van der Waals surface area contributed by atoms with Crippen LogP contribution in [0, 0.1) is 5.92 Å². The molecule has 2 amide bonds. The second kappa shape index (κ2) is 7.83. The van der Waals surface area contributed by atoms with E-state index >= 15 is 0 Å². The van der Waals surface area contributed by atoms with Crippen molar-refractivity contribution in [3.05, 3.63) is 52.5 Å². The van der Waals surface area contributed by atoms with Gasteiger partial charge in [-0.1, -0.05) is 28.1 Å². The highest BCUT2D eigenvalue weighted by Crippen LogP contribution is 2.36. The first kappa shape index (κ1) is 18.8. The van der Waals surface area contributed by atoms with Crippen molar-refractivity contribution in [3.63, 3.8) is 0 Å². The lowest BCUT2D eigenvalue weighted by Gasteiger charge is -2.22. The van der Waals surface area contributed by atoms with Crippen molar-refractivity contribution >= 4 is 33.4 Å². The number of ether oxygens (including phenoxy) is 2. The first-order chi connectivity index (χ1) is 13.5. The lowest BCUT2D eigenvalue weighted by atomic mass is 10.1. The molecule has 0 aliphatic carbocycles. The van der Waals surface area contributed by atoms with Gasteiger partial charge in [-0.15, -0.1) is 0 Å². The number of carbonyl (C=O) groups is 2. The summed E-state index contributed by atoms with van der Waals surface area (Å²) in [4.78, 5) is 26.9. The van der Waals surface area contributed by atoms with E-state index in [2.05, 4.69) is 21.2 Å². The molecule has 0 spiro atoms. The monoisotopic (exact) mass is 444 g/mol. The summed E-state index contributed by atoms with van der Waals surface area (Å²) in [6.07, 6.45) is 0.202. The molecule has 2 aromatic carbocycles. The van der Waals surface area contributed by atoms with E-state index < -0.39 is 0 Å². The van der Waals surface area contributed by atoms with Crippen LogP contribution >= 0.6 is 15.9 Å². The van der Waals surface area contributed by atoms with Crippen molar-refractivity contribution in [3.8, 4) is 11.5 Å². The number of anilines is 1. The number of carbonyl (C=O) groups excluding carboxylic acids is 2. The normalized spacial score (nSPS) is 19.4. The molecule has 2 atom stereocenters. The molecule has 2 aromatic rings. The summed E-state index contributed by atoms with van der Waals surface area (Å²) in [5, 5.41) is 3.02. The molecule has 7 heteroatoms. The van der Waals surface area contributed by atoms with Crippen LogP contribution in [0.4, 0.5) is 5.69 Å². The van der Waals surface area contributed by atoms with Gasteiger partial charge in [0, 0.05) is 29.2 Å². The van der Waals surface area contributed by atoms with Crippen LogP contribution in [0.1, 0.15) is 24.9 Å². The average Bonchev–Trinajstić information content (AvgIpc) is 3.10. The van der Waals surface area contributed by atoms with E-state index in [-0.39, 0.29) is 30.2 Å². The summed E-state index contributed by atoms with van der Waals surface area (Å²) in [6, 6.07) is 13.1. The number of amides is 2. The van der Waals surface area contributed by atoms with E-state index in [1.165, 1.54) is 0 Å². The Hall–Kier alpha value is -2.54. The molecule has 2 aliphatic rings. The van der Waals surface area contributed by atoms with Crippen LogP contribution in [0.3, 0.4) is 0 Å². The van der Waals surface area contributed by atoms with Crippen LogP contribution in [-0.2, 0) is 9.59 Å². The molecule has 0 aromatic heterocycles. The third-order valence-electron chi connectivity index (χ3n) is 5.06. The lowest BCUT2D eigenvalue weighted by molar-refractivity contribution is -0.126. The maximum Gasteiger partial charge on any atom is 0.227 e. The lowest BCUT2D eigenvalue weighted by Crippen LogP contribution is -2.34. The summed E-state index contributed by atoms with van der Waals surface area (Å²) in [5.74, 6) is 0.767. The highest BCUT2D eigenvalue weighted by molar-refractivity contribution is 9.10. The summed E-state index contributed by atoms with van der Waals surface area (Å²) in [5.41, 5.74) is 1.75. The van der Waals surface area contributed by atoms with E-state index in [1.807, 2.05) is 37.3 Å². The number of fused-ring (bicyclic) bond motifs is 1. The number of hydrogen-bond donors (Lipinski definition) is 1. The van der Waals surface area contributed by atoms with Crippen LogP contribution in [-0.4, -0.2) is 31.6 Å². The Morgan fingerprint density at radius 3 is 2.61 bits per heavy atom.